The van der Waals surface area contributed by atoms with Crippen molar-refractivity contribution in [1.82, 2.24) is 0 Å². The number of furan rings is 1. The van der Waals surface area contributed by atoms with Crippen LogP contribution in [0.3, 0.4) is 0 Å². The van der Waals surface area contributed by atoms with Crippen LogP contribution >= 0.6 is 0 Å². The zero-order valence-corrected chi connectivity index (χ0v) is 28.5. The van der Waals surface area contributed by atoms with E-state index in [1.807, 2.05) is 42.5 Å². The number of hydrogen-bond donors (Lipinski definition) is 2. The summed E-state index contributed by atoms with van der Waals surface area (Å²) in [4.78, 5) is 4.54. The molecule has 4 nitrogen and oxygen atoms in total. The first-order valence-electron chi connectivity index (χ1n) is 17.6. The van der Waals surface area contributed by atoms with Gasteiger partial charge in [0.2, 0.25) is 0 Å². The summed E-state index contributed by atoms with van der Waals surface area (Å²) in [7, 11) is 0. The lowest BCUT2D eigenvalue weighted by atomic mass is 9.86. The van der Waals surface area contributed by atoms with Crippen molar-refractivity contribution >= 4 is 44.4 Å². The predicted octanol–water partition coefficient (Wildman–Crippen LogP) is 12.1. The van der Waals surface area contributed by atoms with Gasteiger partial charge in [0.1, 0.15) is 17.0 Å². The van der Waals surface area contributed by atoms with Gasteiger partial charge in [0.15, 0.2) is 5.84 Å². The highest BCUT2D eigenvalue weighted by atomic mass is 16.3. The van der Waals surface area contributed by atoms with Gasteiger partial charge >= 0.3 is 0 Å². The Morgan fingerprint density at radius 1 is 0.596 bits per heavy atom. The van der Waals surface area contributed by atoms with Crippen LogP contribution < -0.4 is 5.73 Å². The van der Waals surface area contributed by atoms with Gasteiger partial charge in [-0.3, -0.25) is 5.41 Å². The molecular formula is C48H35N3O. The highest BCUT2D eigenvalue weighted by molar-refractivity contribution is 6.21. The average Bonchev–Trinajstić information content (AvgIpc) is 3.61. The topological polar surface area (TPSA) is 75.4 Å². The molecule has 248 valence electrons. The highest BCUT2D eigenvalue weighted by Crippen LogP contribution is 2.47. The molecule has 52 heavy (non-hydrogen) atoms. The molecule has 0 amide bonds. The molecule has 1 heterocycles. The van der Waals surface area contributed by atoms with Crippen molar-refractivity contribution in [2.75, 3.05) is 0 Å². The number of fused-ring (bicyclic) bond motifs is 4. The van der Waals surface area contributed by atoms with Gasteiger partial charge in [0.05, 0.1) is 0 Å². The fourth-order valence-corrected chi connectivity index (χ4v) is 7.56. The second-order valence-electron chi connectivity index (χ2n) is 13.2. The molecule has 0 fully saturated rings. The van der Waals surface area contributed by atoms with Crippen LogP contribution in [-0.2, 0) is 0 Å². The Bertz CT molecular complexity index is 2720. The Labute approximate surface area is 302 Å². The second-order valence-corrected chi connectivity index (χ2v) is 13.2. The number of nitrogens with zero attached hydrogens (tertiary/aromatic N) is 1. The third kappa shape index (κ3) is 5.51. The van der Waals surface area contributed by atoms with Gasteiger partial charge in [-0.25, -0.2) is 4.99 Å². The largest absolute Gasteiger partial charge is 0.455 e. The monoisotopic (exact) mass is 669 g/mol. The summed E-state index contributed by atoms with van der Waals surface area (Å²) < 4.78 is 7.11. The van der Waals surface area contributed by atoms with Gasteiger partial charge in [0, 0.05) is 38.9 Å². The van der Waals surface area contributed by atoms with Crippen LogP contribution in [0.4, 0.5) is 0 Å². The van der Waals surface area contributed by atoms with Gasteiger partial charge < -0.3 is 10.2 Å². The van der Waals surface area contributed by atoms with Gasteiger partial charge in [-0.15, -0.1) is 0 Å². The van der Waals surface area contributed by atoms with Crippen LogP contribution in [0.5, 0.6) is 0 Å². The number of aliphatic imine (C=N–C) groups is 1. The molecule has 0 aliphatic heterocycles. The highest BCUT2D eigenvalue weighted by Gasteiger charge is 2.24. The lowest BCUT2D eigenvalue weighted by molar-refractivity contribution is 0.658. The minimum atomic E-state index is 0.128. The van der Waals surface area contributed by atoms with Crippen molar-refractivity contribution in [3.63, 3.8) is 0 Å². The SMILES string of the molecule is N=C(N=C(N)c1ccc(-c2ccc(C3C=CC=CC3)c3oc4c(-c5ccccc5)cc(-c5ccccc5)cc4c23)c2ccccc12)c1ccccc1. The van der Waals surface area contributed by atoms with E-state index in [2.05, 4.69) is 138 Å². The lowest BCUT2D eigenvalue weighted by Gasteiger charge is -2.17. The molecule has 9 rings (SSSR count). The molecule has 4 heteroatoms. The summed E-state index contributed by atoms with van der Waals surface area (Å²) in [5.74, 6) is 0.636. The summed E-state index contributed by atoms with van der Waals surface area (Å²) in [6.07, 6.45) is 9.66. The summed E-state index contributed by atoms with van der Waals surface area (Å²) in [6.45, 7) is 0. The summed E-state index contributed by atoms with van der Waals surface area (Å²) >= 11 is 0. The normalized spacial score (nSPS) is 14.4. The first kappa shape index (κ1) is 31.2. The summed E-state index contributed by atoms with van der Waals surface area (Å²) in [6, 6.07) is 52.1. The Balaban J connectivity index is 1.32. The van der Waals surface area contributed by atoms with Gasteiger partial charge in [0.25, 0.3) is 0 Å². The number of amidine groups is 2. The summed E-state index contributed by atoms with van der Waals surface area (Å²) in [5.41, 5.74) is 17.8. The van der Waals surface area contributed by atoms with Crippen molar-refractivity contribution in [2.45, 2.75) is 12.3 Å². The molecule has 1 unspecified atom stereocenters. The van der Waals surface area contributed by atoms with Crippen LogP contribution in [0, 0.1) is 5.41 Å². The standard InChI is InChI=1S/C48H35N3O/c49-47(34-21-11-4-12-22-34)51-48(50)41-28-26-39(37-23-13-14-24-38(37)41)40-27-25-36(32-17-7-2-8-18-32)46-44(40)43-30-35(31-15-5-1-6-16-31)29-42(45(43)52-46)33-19-9-3-10-20-33/h1-17,19-30,32H,18H2,(H3,49,50,51). The average molecular weight is 670 g/mol. The quantitative estimate of drug-likeness (QED) is 0.137. The van der Waals surface area contributed by atoms with Crippen LogP contribution in [0.1, 0.15) is 29.0 Å². The molecule has 7 aromatic carbocycles. The van der Waals surface area contributed by atoms with Crippen molar-refractivity contribution in [2.24, 2.45) is 10.7 Å². The van der Waals surface area contributed by atoms with Crippen molar-refractivity contribution < 1.29 is 4.42 Å². The molecule has 0 spiro atoms. The molecule has 1 aromatic heterocycles. The molecule has 1 aliphatic carbocycles. The molecule has 1 atom stereocenters. The maximum Gasteiger partial charge on any atom is 0.154 e. The van der Waals surface area contributed by atoms with Gasteiger partial charge in [-0.2, -0.15) is 0 Å². The zero-order chi connectivity index (χ0) is 35.0. The van der Waals surface area contributed by atoms with Crippen molar-refractivity contribution in [3.05, 3.63) is 193 Å². The van der Waals surface area contributed by atoms with Crippen molar-refractivity contribution in [1.29, 1.82) is 5.41 Å². The second kappa shape index (κ2) is 13.2. The predicted molar refractivity (Wildman–Crippen MR) is 217 cm³/mol. The van der Waals surface area contributed by atoms with E-state index in [9.17, 15) is 0 Å². The Morgan fingerprint density at radius 3 is 2.00 bits per heavy atom. The minimum absolute atomic E-state index is 0.128. The fourth-order valence-electron chi connectivity index (χ4n) is 7.56. The van der Waals surface area contributed by atoms with Gasteiger partial charge in [-0.1, -0.05) is 164 Å². The Morgan fingerprint density at radius 2 is 1.27 bits per heavy atom. The number of rotatable bonds is 6. The number of allylic oxidation sites excluding steroid dienone is 4. The molecular weight excluding hydrogens is 635 g/mol. The first-order valence-corrected chi connectivity index (χ1v) is 17.6. The molecule has 0 bridgehead atoms. The molecule has 0 saturated heterocycles. The van der Waals surface area contributed by atoms with E-state index in [4.69, 9.17) is 15.6 Å². The molecule has 3 N–H and O–H groups in total. The fraction of sp³-hybridized carbons (Fsp3) is 0.0417. The van der Waals surface area contributed by atoms with Crippen LogP contribution in [0.15, 0.2) is 185 Å². The maximum absolute atomic E-state index is 8.62. The lowest BCUT2D eigenvalue weighted by Crippen LogP contribution is -2.16. The Hall–Kier alpha value is -6.78. The smallest absolute Gasteiger partial charge is 0.154 e. The van der Waals surface area contributed by atoms with E-state index >= 15 is 0 Å². The van der Waals surface area contributed by atoms with E-state index in [1.165, 1.54) is 5.56 Å². The molecule has 1 aliphatic rings. The third-order valence-electron chi connectivity index (χ3n) is 10.1. The van der Waals surface area contributed by atoms with Gasteiger partial charge in [-0.05, 0) is 57.1 Å². The van der Waals surface area contributed by atoms with Crippen molar-refractivity contribution in [3.8, 4) is 33.4 Å². The Kier molecular flexibility index (Phi) is 7.90. The summed E-state index contributed by atoms with van der Waals surface area (Å²) in [5, 5.41) is 12.8. The van der Waals surface area contributed by atoms with E-state index in [0.717, 1.165) is 78.1 Å². The van der Waals surface area contributed by atoms with Crippen LogP contribution in [0.2, 0.25) is 0 Å². The minimum Gasteiger partial charge on any atom is -0.455 e. The molecule has 0 radical (unpaired) electrons. The van der Waals surface area contributed by atoms with E-state index < -0.39 is 0 Å². The van der Waals surface area contributed by atoms with E-state index in [-0.39, 0.29) is 11.8 Å². The zero-order valence-electron chi connectivity index (χ0n) is 28.5. The number of nitrogens with two attached hydrogens (primary N) is 1. The number of hydrogen-bond acceptors (Lipinski definition) is 2. The number of benzene rings is 7. The third-order valence-corrected chi connectivity index (χ3v) is 10.1. The van der Waals surface area contributed by atoms with E-state index in [0.29, 0.717) is 11.4 Å². The number of nitrogens with one attached hydrogen (secondary N) is 1. The first-order chi connectivity index (χ1) is 25.6. The maximum atomic E-state index is 8.62. The van der Waals surface area contributed by atoms with Crippen LogP contribution in [-0.4, -0.2) is 11.7 Å². The van der Waals surface area contributed by atoms with E-state index in [1.54, 1.807) is 0 Å². The molecule has 0 saturated carbocycles. The van der Waals surface area contributed by atoms with Crippen LogP contribution in [0.25, 0.3) is 66.1 Å². The molecule has 8 aromatic rings.